The topological polar surface area (TPSA) is 100 Å². The predicted octanol–water partition coefficient (Wildman–Crippen LogP) is 3.38. The van der Waals surface area contributed by atoms with Crippen LogP contribution in [0, 0.1) is 22.7 Å². The van der Waals surface area contributed by atoms with Crippen LogP contribution in [-0.2, 0) is 9.59 Å². The molecule has 1 aliphatic heterocycles. The number of ether oxygens (including phenoxy) is 2. The van der Waals surface area contributed by atoms with Crippen molar-refractivity contribution in [2.75, 3.05) is 0 Å². The second-order valence-corrected chi connectivity index (χ2v) is 6.53. The lowest BCUT2D eigenvalue weighted by Crippen LogP contribution is -2.07. The molecule has 1 aliphatic rings. The van der Waals surface area contributed by atoms with Crippen LogP contribution < -0.4 is 9.47 Å². The van der Waals surface area contributed by atoms with E-state index in [1.165, 1.54) is 19.1 Å². The predicted molar refractivity (Wildman–Crippen MR) is 83.6 cm³/mol. The molecule has 0 bridgehead atoms. The summed E-state index contributed by atoms with van der Waals surface area (Å²) in [6.07, 6.45) is 0.211. The van der Waals surface area contributed by atoms with Gasteiger partial charge in [0.15, 0.2) is 0 Å². The number of carbonyl (C=O) groups is 2. The molecule has 6 nitrogen and oxygen atoms in total. The van der Waals surface area contributed by atoms with Crippen LogP contribution in [0.5, 0.6) is 11.5 Å². The summed E-state index contributed by atoms with van der Waals surface area (Å²) in [6, 6.07) is 6.69. The van der Waals surface area contributed by atoms with Gasteiger partial charge in [-0.05, 0) is 12.1 Å². The highest BCUT2D eigenvalue weighted by Gasteiger charge is 2.29. The lowest BCUT2D eigenvalue weighted by molar-refractivity contribution is -0.134. The summed E-state index contributed by atoms with van der Waals surface area (Å²) in [6.45, 7) is 2.95. The van der Waals surface area contributed by atoms with Crippen molar-refractivity contribution < 1.29 is 19.1 Å². The lowest BCUT2D eigenvalue weighted by Gasteiger charge is -2.10. The van der Waals surface area contributed by atoms with Crippen molar-refractivity contribution in [3.8, 4) is 23.6 Å². The fraction of sp³-hybridized carbons (Fsp3) is 0.200. The van der Waals surface area contributed by atoms with Crippen LogP contribution in [0.1, 0.15) is 20.3 Å². The van der Waals surface area contributed by atoms with Crippen molar-refractivity contribution in [3.05, 3.63) is 21.9 Å². The number of nitriles is 2. The average molecular weight is 346 g/mol. The molecule has 0 aliphatic carbocycles. The van der Waals surface area contributed by atoms with E-state index >= 15 is 0 Å². The minimum Gasteiger partial charge on any atom is -0.425 e. The molecule has 23 heavy (non-hydrogen) atoms. The Balaban J connectivity index is 2.52. The minimum absolute atomic E-state index is 0.0438. The quantitative estimate of drug-likeness (QED) is 0.466. The van der Waals surface area contributed by atoms with E-state index in [4.69, 9.17) is 20.0 Å². The second-order valence-electron chi connectivity index (χ2n) is 4.23. The van der Waals surface area contributed by atoms with E-state index in [1.807, 2.05) is 12.1 Å². The van der Waals surface area contributed by atoms with Gasteiger partial charge in [-0.2, -0.15) is 10.5 Å². The first-order chi connectivity index (χ1) is 11.0. The number of nitrogens with zero attached hydrogens (tertiary/aromatic N) is 2. The van der Waals surface area contributed by atoms with Gasteiger partial charge in [0, 0.05) is 13.3 Å². The van der Waals surface area contributed by atoms with Crippen LogP contribution in [0.3, 0.4) is 0 Å². The summed E-state index contributed by atoms with van der Waals surface area (Å²) in [5.41, 5.74) is -0.0438. The first-order valence-corrected chi connectivity index (χ1v) is 8.09. The van der Waals surface area contributed by atoms with Crippen molar-refractivity contribution in [3.63, 3.8) is 0 Å². The van der Waals surface area contributed by atoms with Gasteiger partial charge in [0.2, 0.25) is 0 Å². The number of benzene rings is 1. The zero-order valence-corrected chi connectivity index (χ0v) is 13.8. The van der Waals surface area contributed by atoms with Crippen molar-refractivity contribution in [1.82, 2.24) is 0 Å². The van der Waals surface area contributed by atoms with Crippen molar-refractivity contribution in [2.45, 2.75) is 30.1 Å². The van der Waals surface area contributed by atoms with Crippen LogP contribution >= 0.6 is 23.5 Å². The third-order valence-corrected chi connectivity index (χ3v) is 5.25. The standard InChI is InChI=1S/C15H10N2O4S2/c1-3-12(19)21-11-5-4-10(20-8(2)18)13-14(11)23-15(22-13)9(6-16)7-17/h4-5H,3H2,1-2H3. The number of esters is 2. The summed E-state index contributed by atoms with van der Waals surface area (Å²) in [4.78, 5) is 23.8. The summed E-state index contributed by atoms with van der Waals surface area (Å²) in [7, 11) is 0. The first-order valence-electron chi connectivity index (χ1n) is 6.46. The van der Waals surface area contributed by atoms with Crippen LogP contribution in [0.15, 0.2) is 31.7 Å². The number of carbonyl (C=O) groups excluding carboxylic acids is 2. The number of fused-ring (bicyclic) bond motifs is 1. The Hall–Kier alpha value is -2.42. The Morgan fingerprint density at radius 2 is 1.61 bits per heavy atom. The molecule has 0 amide bonds. The number of allylic oxidation sites excluding steroid dienone is 1. The van der Waals surface area contributed by atoms with Crippen molar-refractivity contribution >= 4 is 35.5 Å². The van der Waals surface area contributed by atoms with Gasteiger partial charge in [0.1, 0.15) is 29.2 Å². The van der Waals surface area contributed by atoms with E-state index < -0.39 is 11.9 Å². The molecule has 0 spiro atoms. The van der Waals surface area contributed by atoms with Crippen LogP contribution in [0.2, 0.25) is 0 Å². The largest absolute Gasteiger partial charge is 0.425 e. The van der Waals surface area contributed by atoms with E-state index in [0.717, 1.165) is 23.5 Å². The Kier molecular flexibility index (Phi) is 5.32. The molecular formula is C15H10N2O4S2. The average Bonchev–Trinajstić information content (AvgIpc) is 2.96. The fourth-order valence-electron chi connectivity index (χ4n) is 1.65. The molecule has 1 aromatic carbocycles. The maximum atomic E-state index is 11.5. The van der Waals surface area contributed by atoms with Crippen LogP contribution in [-0.4, -0.2) is 11.9 Å². The maximum absolute atomic E-state index is 11.5. The Labute approximate surface area is 141 Å². The smallest absolute Gasteiger partial charge is 0.310 e. The maximum Gasteiger partial charge on any atom is 0.310 e. The molecule has 1 heterocycles. The third kappa shape index (κ3) is 3.67. The third-order valence-electron chi connectivity index (χ3n) is 2.62. The van der Waals surface area contributed by atoms with Gasteiger partial charge in [-0.3, -0.25) is 9.59 Å². The molecule has 0 saturated heterocycles. The zero-order valence-electron chi connectivity index (χ0n) is 12.2. The summed E-state index contributed by atoms with van der Waals surface area (Å²) < 4.78 is 10.9. The second kappa shape index (κ2) is 7.23. The molecule has 116 valence electrons. The van der Waals surface area contributed by atoms with Crippen molar-refractivity contribution in [1.29, 1.82) is 10.5 Å². The van der Waals surface area contributed by atoms with E-state index in [2.05, 4.69) is 0 Å². The van der Waals surface area contributed by atoms with Gasteiger partial charge < -0.3 is 9.47 Å². The van der Waals surface area contributed by atoms with E-state index in [-0.39, 0.29) is 12.0 Å². The van der Waals surface area contributed by atoms with Gasteiger partial charge >= 0.3 is 11.9 Å². The molecule has 8 heteroatoms. The van der Waals surface area contributed by atoms with E-state index in [0.29, 0.717) is 25.5 Å². The Bertz CT molecular complexity index is 787. The lowest BCUT2D eigenvalue weighted by atomic mass is 10.3. The normalized spacial score (nSPS) is 11.9. The van der Waals surface area contributed by atoms with Crippen molar-refractivity contribution in [2.24, 2.45) is 0 Å². The SMILES string of the molecule is CCC(=O)Oc1ccc(OC(C)=O)c2c1SC(=C(C#N)C#N)S2. The minimum atomic E-state index is -0.491. The monoisotopic (exact) mass is 346 g/mol. The number of rotatable bonds is 3. The Morgan fingerprint density at radius 3 is 2.04 bits per heavy atom. The molecule has 2 rings (SSSR count). The highest BCUT2D eigenvalue weighted by Crippen LogP contribution is 2.58. The molecule has 0 atom stereocenters. The molecule has 0 N–H and O–H groups in total. The zero-order chi connectivity index (χ0) is 17.0. The molecule has 0 saturated carbocycles. The molecule has 0 aromatic heterocycles. The molecule has 0 unspecified atom stereocenters. The summed E-state index contributed by atoms with van der Waals surface area (Å²) in [5.74, 6) is -0.289. The number of hydrogen-bond donors (Lipinski definition) is 0. The Morgan fingerprint density at radius 1 is 1.09 bits per heavy atom. The van der Waals surface area contributed by atoms with Gasteiger partial charge in [0.05, 0.1) is 14.0 Å². The highest BCUT2D eigenvalue weighted by molar-refractivity contribution is 8.24. The van der Waals surface area contributed by atoms with Gasteiger partial charge in [-0.1, -0.05) is 30.4 Å². The van der Waals surface area contributed by atoms with E-state index in [1.54, 1.807) is 6.92 Å². The highest BCUT2D eigenvalue weighted by atomic mass is 32.2. The van der Waals surface area contributed by atoms with Gasteiger partial charge in [-0.25, -0.2) is 0 Å². The first kappa shape index (κ1) is 16.9. The van der Waals surface area contributed by atoms with Crippen LogP contribution in [0.4, 0.5) is 0 Å². The molecule has 0 fully saturated rings. The van der Waals surface area contributed by atoms with E-state index in [9.17, 15) is 9.59 Å². The summed E-state index contributed by atoms with van der Waals surface area (Å²) >= 11 is 2.28. The molecule has 0 radical (unpaired) electrons. The number of hydrogen-bond acceptors (Lipinski definition) is 8. The molecule has 1 aromatic rings. The fourth-order valence-corrected chi connectivity index (χ4v) is 4.14. The molecular weight excluding hydrogens is 336 g/mol. The van der Waals surface area contributed by atoms with Crippen LogP contribution in [0.25, 0.3) is 0 Å². The number of thioether (sulfide) groups is 2. The summed E-state index contributed by atoms with van der Waals surface area (Å²) in [5, 5.41) is 18.0. The van der Waals surface area contributed by atoms with Gasteiger partial charge in [0.25, 0.3) is 0 Å². The van der Waals surface area contributed by atoms with Gasteiger partial charge in [-0.15, -0.1) is 0 Å².